The Morgan fingerprint density at radius 2 is 1.94 bits per heavy atom. The Morgan fingerprint density at radius 1 is 1.15 bits per heavy atom. The first-order valence-electron chi connectivity index (χ1n) is 10.4. The van der Waals surface area contributed by atoms with Crippen LogP contribution < -0.4 is 10.2 Å². The number of rotatable bonds is 5. The zero-order valence-corrected chi connectivity index (χ0v) is 17.9. The standard InChI is InChI=1S/C23H18F2N6O3/c1-13(32)27-11-16-12-31(23(33)34-16)15-4-6-17(20(25)10-15)14-3-5-18(19(24)9-14)21-28-29-22-26-7-2-8-30(21)22/h2-10,16H,11-12H2,1H3,(H,27,32)/t16-/m0/s1. The second-order valence-corrected chi connectivity index (χ2v) is 7.73. The van der Waals surface area contributed by atoms with Crippen LogP contribution in [-0.2, 0) is 9.53 Å². The minimum Gasteiger partial charge on any atom is -0.442 e. The number of halogens is 2. The molecular weight excluding hydrogens is 446 g/mol. The van der Waals surface area contributed by atoms with Crippen LogP contribution in [-0.4, -0.2) is 50.8 Å². The van der Waals surface area contributed by atoms with E-state index in [2.05, 4.69) is 20.5 Å². The van der Waals surface area contributed by atoms with Crippen molar-refractivity contribution in [2.45, 2.75) is 13.0 Å². The third-order valence-corrected chi connectivity index (χ3v) is 5.43. The molecule has 0 aliphatic carbocycles. The molecule has 172 valence electrons. The summed E-state index contributed by atoms with van der Waals surface area (Å²) in [6, 6.07) is 10.2. The predicted octanol–water partition coefficient (Wildman–Crippen LogP) is 3.20. The molecule has 5 rings (SSSR count). The van der Waals surface area contributed by atoms with E-state index >= 15 is 0 Å². The quantitative estimate of drug-likeness (QED) is 0.487. The topological polar surface area (TPSA) is 102 Å². The molecule has 1 N–H and O–H groups in total. The fourth-order valence-corrected chi connectivity index (χ4v) is 3.79. The van der Waals surface area contributed by atoms with Crippen molar-refractivity contribution >= 4 is 23.5 Å². The number of nitrogens with one attached hydrogen (secondary N) is 1. The summed E-state index contributed by atoms with van der Waals surface area (Å²) in [4.78, 5) is 28.6. The lowest BCUT2D eigenvalue weighted by molar-refractivity contribution is -0.119. The molecular formula is C23H18F2N6O3. The molecule has 2 aromatic heterocycles. The highest BCUT2D eigenvalue weighted by Gasteiger charge is 2.32. The van der Waals surface area contributed by atoms with E-state index in [0.717, 1.165) is 0 Å². The van der Waals surface area contributed by atoms with Gasteiger partial charge in [-0.3, -0.25) is 14.1 Å². The minimum absolute atomic E-state index is 0.168. The molecule has 1 saturated heterocycles. The molecule has 1 fully saturated rings. The minimum atomic E-state index is -0.632. The van der Waals surface area contributed by atoms with E-state index in [0.29, 0.717) is 17.0 Å². The molecule has 1 aliphatic rings. The van der Waals surface area contributed by atoms with Gasteiger partial charge in [0.25, 0.3) is 5.78 Å². The maximum Gasteiger partial charge on any atom is 0.414 e. The summed E-state index contributed by atoms with van der Waals surface area (Å²) >= 11 is 0. The number of benzene rings is 2. The maximum atomic E-state index is 15.0. The van der Waals surface area contributed by atoms with Crippen LogP contribution in [0.2, 0.25) is 0 Å². The van der Waals surface area contributed by atoms with Crippen LogP contribution >= 0.6 is 0 Å². The van der Waals surface area contributed by atoms with Crippen LogP contribution in [0.15, 0.2) is 54.9 Å². The largest absolute Gasteiger partial charge is 0.442 e. The Bertz CT molecular complexity index is 1420. The Hall–Kier alpha value is -4.41. The number of amides is 2. The summed E-state index contributed by atoms with van der Waals surface area (Å²) in [5, 5.41) is 10.5. The van der Waals surface area contributed by atoms with Crippen molar-refractivity contribution in [2.24, 2.45) is 0 Å². The number of ether oxygens (including phenoxy) is 1. The third kappa shape index (κ3) is 3.91. The molecule has 0 unspecified atom stereocenters. The summed E-state index contributed by atoms with van der Waals surface area (Å²) < 4.78 is 36.7. The number of aromatic nitrogens is 4. The molecule has 0 saturated carbocycles. The molecule has 3 heterocycles. The number of hydrogen-bond acceptors (Lipinski definition) is 6. The summed E-state index contributed by atoms with van der Waals surface area (Å²) in [5.41, 5.74) is 0.997. The smallest absolute Gasteiger partial charge is 0.414 e. The molecule has 2 aromatic carbocycles. The Morgan fingerprint density at radius 3 is 2.71 bits per heavy atom. The van der Waals surface area contributed by atoms with Gasteiger partial charge in [0.05, 0.1) is 24.3 Å². The van der Waals surface area contributed by atoms with E-state index < -0.39 is 23.8 Å². The third-order valence-electron chi connectivity index (χ3n) is 5.43. The lowest BCUT2D eigenvalue weighted by Crippen LogP contribution is -2.33. The molecule has 0 bridgehead atoms. The first-order chi connectivity index (χ1) is 16.4. The van der Waals surface area contributed by atoms with Gasteiger partial charge in [0.15, 0.2) is 5.82 Å². The summed E-state index contributed by atoms with van der Waals surface area (Å²) in [6.07, 6.45) is 2.07. The zero-order chi connectivity index (χ0) is 23.8. The van der Waals surface area contributed by atoms with Crippen LogP contribution in [0.5, 0.6) is 0 Å². The molecule has 34 heavy (non-hydrogen) atoms. The highest BCUT2D eigenvalue weighted by atomic mass is 19.1. The lowest BCUT2D eigenvalue weighted by Gasteiger charge is -2.15. The number of fused-ring (bicyclic) bond motifs is 1. The average molecular weight is 464 g/mol. The summed E-state index contributed by atoms with van der Waals surface area (Å²) in [6.45, 7) is 1.70. The van der Waals surface area contributed by atoms with Gasteiger partial charge in [-0.05, 0) is 42.0 Å². The Balaban J connectivity index is 1.39. The van der Waals surface area contributed by atoms with Gasteiger partial charge in [-0.25, -0.2) is 18.6 Å². The Labute approximate surface area is 192 Å². The molecule has 1 aliphatic heterocycles. The van der Waals surface area contributed by atoms with Crippen LogP contribution in [0.3, 0.4) is 0 Å². The molecule has 0 spiro atoms. The van der Waals surface area contributed by atoms with Crippen LogP contribution in [0.4, 0.5) is 19.3 Å². The first-order valence-corrected chi connectivity index (χ1v) is 10.4. The van der Waals surface area contributed by atoms with Crippen LogP contribution in [0.1, 0.15) is 6.92 Å². The molecule has 1 atom stereocenters. The number of hydrogen-bond donors (Lipinski definition) is 1. The van der Waals surface area contributed by atoms with E-state index in [9.17, 15) is 18.4 Å². The number of anilines is 1. The van der Waals surface area contributed by atoms with Gasteiger partial charge in [0.2, 0.25) is 5.91 Å². The van der Waals surface area contributed by atoms with Gasteiger partial charge in [0, 0.05) is 24.9 Å². The normalized spacial score (nSPS) is 15.6. The highest BCUT2D eigenvalue weighted by molar-refractivity contribution is 5.90. The van der Waals surface area contributed by atoms with E-state index in [4.69, 9.17) is 4.74 Å². The van der Waals surface area contributed by atoms with E-state index in [1.807, 2.05) is 0 Å². The van der Waals surface area contributed by atoms with Gasteiger partial charge in [-0.1, -0.05) is 6.07 Å². The van der Waals surface area contributed by atoms with Crippen molar-refractivity contribution < 1.29 is 23.1 Å². The average Bonchev–Trinajstić information content (AvgIpc) is 3.41. The molecule has 2 amide bonds. The van der Waals surface area contributed by atoms with Crippen molar-refractivity contribution in [3.63, 3.8) is 0 Å². The maximum absolute atomic E-state index is 15.0. The monoisotopic (exact) mass is 464 g/mol. The Kier molecular flexibility index (Phi) is 5.36. The van der Waals surface area contributed by atoms with Gasteiger partial charge < -0.3 is 10.1 Å². The zero-order valence-electron chi connectivity index (χ0n) is 17.9. The first kappa shape index (κ1) is 21.4. The van der Waals surface area contributed by atoms with Gasteiger partial charge >= 0.3 is 6.09 Å². The van der Waals surface area contributed by atoms with Crippen LogP contribution in [0, 0.1) is 11.6 Å². The summed E-state index contributed by atoms with van der Waals surface area (Å²) in [5.74, 6) is -0.841. The number of carbonyl (C=O) groups excluding carboxylic acids is 2. The lowest BCUT2D eigenvalue weighted by atomic mass is 10.0. The highest BCUT2D eigenvalue weighted by Crippen LogP contribution is 2.31. The van der Waals surface area contributed by atoms with Gasteiger partial charge in [0.1, 0.15) is 17.7 Å². The van der Waals surface area contributed by atoms with Crippen molar-refractivity contribution in [3.05, 3.63) is 66.5 Å². The molecule has 9 nitrogen and oxygen atoms in total. The molecule has 4 aromatic rings. The molecule has 11 heteroatoms. The number of cyclic esters (lactones) is 1. The predicted molar refractivity (Wildman–Crippen MR) is 118 cm³/mol. The van der Waals surface area contributed by atoms with E-state index in [1.54, 1.807) is 35.0 Å². The van der Waals surface area contributed by atoms with Gasteiger partial charge in [-0.2, -0.15) is 0 Å². The second-order valence-electron chi connectivity index (χ2n) is 7.73. The van der Waals surface area contributed by atoms with Crippen molar-refractivity contribution in [1.82, 2.24) is 24.9 Å². The van der Waals surface area contributed by atoms with Crippen molar-refractivity contribution in [1.29, 1.82) is 0 Å². The SMILES string of the molecule is CC(=O)NC[C@H]1CN(c2ccc(-c3ccc(-c4nnc5ncccn45)c(F)c3)c(F)c2)C(=O)O1. The number of carbonyl (C=O) groups is 2. The second kappa shape index (κ2) is 8.50. The van der Waals surface area contributed by atoms with E-state index in [1.165, 1.54) is 36.1 Å². The van der Waals surface area contributed by atoms with Gasteiger partial charge in [-0.15, -0.1) is 10.2 Å². The van der Waals surface area contributed by atoms with E-state index in [-0.39, 0.29) is 35.9 Å². The van der Waals surface area contributed by atoms with Crippen molar-refractivity contribution in [2.75, 3.05) is 18.0 Å². The fourth-order valence-electron chi connectivity index (χ4n) is 3.79. The van der Waals surface area contributed by atoms with Crippen molar-refractivity contribution in [3.8, 4) is 22.5 Å². The van der Waals surface area contributed by atoms with Crippen LogP contribution in [0.25, 0.3) is 28.3 Å². The molecule has 0 radical (unpaired) electrons. The number of nitrogens with zero attached hydrogens (tertiary/aromatic N) is 5. The summed E-state index contributed by atoms with van der Waals surface area (Å²) in [7, 11) is 0. The fraction of sp³-hybridized carbons (Fsp3) is 0.174.